The lowest BCUT2D eigenvalue weighted by Gasteiger charge is -2.09. The molecule has 25 heavy (non-hydrogen) atoms. The van der Waals surface area contributed by atoms with Gasteiger partial charge in [0, 0.05) is 11.1 Å². The molecule has 0 unspecified atom stereocenters. The molecule has 1 N–H and O–H groups in total. The number of carbonyl (C=O) groups is 1. The van der Waals surface area contributed by atoms with Crippen LogP contribution in [0.4, 0.5) is 4.39 Å². The Morgan fingerprint density at radius 2 is 1.84 bits per heavy atom. The highest BCUT2D eigenvalue weighted by Crippen LogP contribution is 2.32. The normalized spacial score (nSPS) is 10.5. The first kappa shape index (κ1) is 16.6. The Labute approximate surface area is 143 Å². The number of aromatic amines is 1. The summed E-state index contributed by atoms with van der Waals surface area (Å²) in [5, 5.41) is 10.3. The Balaban J connectivity index is 1.96. The lowest BCUT2D eigenvalue weighted by atomic mass is 10.0. The first-order chi connectivity index (χ1) is 12.1. The molecule has 1 aromatic heterocycles. The lowest BCUT2D eigenvalue weighted by molar-refractivity contribution is 0.0520. The fourth-order valence-electron chi connectivity index (χ4n) is 2.49. The second-order valence-corrected chi connectivity index (χ2v) is 5.16. The average molecular weight is 341 g/mol. The summed E-state index contributed by atoms with van der Waals surface area (Å²) in [5.41, 5.74) is 2.63. The number of aromatic nitrogens is 3. The molecule has 0 radical (unpaired) electrons. The van der Waals surface area contributed by atoms with Gasteiger partial charge in [-0.3, -0.25) is 0 Å². The van der Waals surface area contributed by atoms with Gasteiger partial charge >= 0.3 is 5.97 Å². The number of benzene rings is 2. The largest absolute Gasteiger partial charge is 0.496 e. The summed E-state index contributed by atoms with van der Waals surface area (Å²) in [6.45, 7) is 1.97. The second kappa shape index (κ2) is 7.12. The Bertz CT molecular complexity index is 891. The minimum Gasteiger partial charge on any atom is -0.496 e. The van der Waals surface area contributed by atoms with Crippen LogP contribution in [0, 0.1) is 5.82 Å². The van der Waals surface area contributed by atoms with Gasteiger partial charge in [0.15, 0.2) is 5.69 Å². The number of H-pyrrole nitrogens is 1. The molecule has 1 heterocycles. The van der Waals surface area contributed by atoms with Crippen molar-refractivity contribution in [1.82, 2.24) is 15.4 Å². The third kappa shape index (κ3) is 3.35. The fourth-order valence-corrected chi connectivity index (χ4v) is 2.49. The summed E-state index contributed by atoms with van der Waals surface area (Å²) in [7, 11) is 1.53. The number of hydrogen-bond donors (Lipinski definition) is 1. The molecular weight excluding hydrogens is 325 g/mol. The molecule has 0 aliphatic carbocycles. The molecule has 0 spiro atoms. The van der Waals surface area contributed by atoms with Crippen LogP contribution >= 0.6 is 0 Å². The maximum absolute atomic E-state index is 13.6. The highest BCUT2D eigenvalue weighted by atomic mass is 19.1. The van der Waals surface area contributed by atoms with Crippen molar-refractivity contribution in [3.63, 3.8) is 0 Å². The van der Waals surface area contributed by atoms with E-state index in [1.165, 1.54) is 19.2 Å². The third-order valence-corrected chi connectivity index (χ3v) is 3.65. The topological polar surface area (TPSA) is 77.1 Å². The van der Waals surface area contributed by atoms with Crippen LogP contribution in [0.25, 0.3) is 22.4 Å². The van der Waals surface area contributed by atoms with Crippen LogP contribution in [0.3, 0.4) is 0 Å². The molecule has 128 valence electrons. The Kier molecular flexibility index (Phi) is 4.74. The van der Waals surface area contributed by atoms with Crippen LogP contribution in [0.1, 0.15) is 17.4 Å². The summed E-state index contributed by atoms with van der Waals surface area (Å²) >= 11 is 0. The molecule has 0 atom stereocenters. The summed E-state index contributed by atoms with van der Waals surface area (Å²) in [6, 6.07) is 11.5. The summed E-state index contributed by atoms with van der Waals surface area (Å²) in [6.07, 6.45) is 0. The standard InChI is InChI=1S/C18H16FN3O3/c1-3-25-18(23)17-16(20-22-21-17)12-6-4-11(5-7-12)14-10-13(19)8-9-15(14)24-2/h4-10H,3H2,1-2H3,(H,20,21,22). The van der Waals surface area contributed by atoms with E-state index in [1.807, 2.05) is 0 Å². The molecule has 0 saturated heterocycles. The quantitative estimate of drug-likeness (QED) is 0.719. The van der Waals surface area contributed by atoms with Crippen molar-refractivity contribution in [2.24, 2.45) is 0 Å². The zero-order chi connectivity index (χ0) is 17.8. The zero-order valence-electron chi connectivity index (χ0n) is 13.7. The van der Waals surface area contributed by atoms with Gasteiger partial charge in [-0.2, -0.15) is 10.3 Å². The van der Waals surface area contributed by atoms with Crippen LogP contribution in [-0.4, -0.2) is 35.1 Å². The number of carbonyl (C=O) groups excluding carboxylic acids is 1. The molecular formula is C18H16FN3O3. The number of nitrogens with zero attached hydrogens (tertiary/aromatic N) is 2. The van der Waals surface area contributed by atoms with Gasteiger partial charge in [0.05, 0.1) is 13.7 Å². The first-order valence-corrected chi connectivity index (χ1v) is 7.66. The van der Waals surface area contributed by atoms with E-state index in [4.69, 9.17) is 9.47 Å². The Hall–Kier alpha value is -3.22. The van der Waals surface area contributed by atoms with E-state index >= 15 is 0 Å². The maximum Gasteiger partial charge on any atom is 0.361 e. The fraction of sp³-hybridized carbons (Fsp3) is 0.167. The molecule has 3 aromatic rings. The molecule has 0 aliphatic heterocycles. The van der Waals surface area contributed by atoms with Crippen LogP contribution in [0.15, 0.2) is 42.5 Å². The van der Waals surface area contributed by atoms with Gasteiger partial charge in [0.25, 0.3) is 0 Å². The molecule has 7 heteroatoms. The number of halogens is 1. The molecule has 2 aromatic carbocycles. The highest BCUT2D eigenvalue weighted by molar-refractivity contribution is 5.94. The minimum absolute atomic E-state index is 0.123. The zero-order valence-corrected chi connectivity index (χ0v) is 13.7. The molecule has 0 aliphatic rings. The number of methoxy groups -OCH3 is 1. The number of hydrogen-bond acceptors (Lipinski definition) is 5. The van der Waals surface area contributed by atoms with E-state index in [1.54, 1.807) is 37.3 Å². The SMILES string of the molecule is CCOC(=O)c1n[nH]nc1-c1ccc(-c2cc(F)ccc2OC)cc1. The van der Waals surface area contributed by atoms with Crippen molar-refractivity contribution in [3.05, 3.63) is 54.0 Å². The number of esters is 1. The van der Waals surface area contributed by atoms with Crippen molar-refractivity contribution in [1.29, 1.82) is 0 Å². The van der Waals surface area contributed by atoms with Crippen molar-refractivity contribution in [2.45, 2.75) is 6.92 Å². The van der Waals surface area contributed by atoms with Crippen LogP contribution in [-0.2, 0) is 4.74 Å². The number of nitrogens with one attached hydrogen (secondary N) is 1. The van der Waals surface area contributed by atoms with Crippen molar-refractivity contribution < 1.29 is 18.7 Å². The Morgan fingerprint density at radius 1 is 1.12 bits per heavy atom. The monoisotopic (exact) mass is 341 g/mol. The van der Waals surface area contributed by atoms with Gasteiger partial charge in [-0.25, -0.2) is 9.18 Å². The highest BCUT2D eigenvalue weighted by Gasteiger charge is 2.19. The van der Waals surface area contributed by atoms with Crippen LogP contribution in [0.2, 0.25) is 0 Å². The summed E-state index contributed by atoms with van der Waals surface area (Å²) in [4.78, 5) is 11.9. The lowest BCUT2D eigenvalue weighted by Crippen LogP contribution is -2.06. The minimum atomic E-state index is -0.540. The van der Waals surface area contributed by atoms with Gasteiger partial charge in [0.1, 0.15) is 17.3 Å². The van der Waals surface area contributed by atoms with E-state index in [0.29, 0.717) is 22.6 Å². The van der Waals surface area contributed by atoms with Crippen LogP contribution in [0.5, 0.6) is 5.75 Å². The number of ether oxygens (including phenoxy) is 2. The molecule has 0 saturated carbocycles. The van der Waals surface area contributed by atoms with Gasteiger partial charge < -0.3 is 9.47 Å². The molecule has 0 fully saturated rings. The third-order valence-electron chi connectivity index (χ3n) is 3.65. The van der Waals surface area contributed by atoms with E-state index in [9.17, 15) is 9.18 Å². The van der Waals surface area contributed by atoms with Crippen molar-refractivity contribution >= 4 is 5.97 Å². The number of rotatable bonds is 5. The van der Waals surface area contributed by atoms with E-state index in [0.717, 1.165) is 5.56 Å². The van der Waals surface area contributed by atoms with Gasteiger partial charge in [-0.05, 0) is 30.7 Å². The summed E-state index contributed by atoms with van der Waals surface area (Å²) < 4.78 is 23.8. The molecule has 0 bridgehead atoms. The predicted molar refractivity (Wildman–Crippen MR) is 89.7 cm³/mol. The van der Waals surface area contributed by atoms with Crippen molar-refractivity contribution in [2.75, 3.05) is 13.7 Å². The first-order valence-electron chi connectivity index (χ1n) is 7.66. The Morgan fingerprint density at radius 3 is 2.52 bits per heavy atom. The second-order valence-electron chi connectivity index (χ2n) is 5.16. The predicted octanol–water partition coefficient (Wildman–Crippen LogP) is 3.46. The molecule has 6 nitrogen and oxygen atoms in total. The van der Waals surface area contributed by atoms with E-state index < -0.39 is 5.97 Å². The molecule has 3 rings (SSSR count). The van der Waals surface area contributed by atoms with E-state index in [-0.39, 0.29) is 18.1 Å². The van der Waals surface area contributed by atoms with Crippen molar-refractivity contribution in [3.8, 4) is 28.1 Å². The smallest absolute Gasteiger partial charge is 0.361 e. The van der Waals surface area contributed by atoms with E-state index in [2.05, 4.69) is 15.4 Å². The summed E-state index contributed by atoms with van der Waals surface area (Å²) in [5.74, 6) is -0.314. The average Bonchev–Trinajstić information content (AvgIpc) is 3.12. The molecule has 0 amide bonds. The van der Waals surface area contributed by atoms with Gasteiger partial charge in [0.2, 0.25) is 0 Å². The van der Waals surface area contributed by atoms with Gasteiger partial charge in [-0.1, -0.05) is 24.3 Å². The van der Waals surface area contributed by atoms with Crippen LogP contribution < -0.4 is 4.74 Å². The van der Waals surface area contributed by atoms with Gasteiger partial charge in [-0.15, -0.1) is 5.10 Å². The maximum atomic E-state index is 13.6.